The van der Waals surface area contributed by atoms with Crippen molar-refractivity contribution < 1.29 is 19.7 Å². The fraction of sp³-hybridized carbons (Fsp3) is 0.0833. The van der Waals surface area contributed by atoms with Gasteiger partial charge in [-0.3, -0.25) is 0 Å². The smallest absolute Gasteiger partial charge is 0.337 e. The Morgan fingerprint density at radius 1 is 0.600 bits per heavy atom. The molecule has 4 nitrogen and oxygen atoms in total. The number of carbonyl (C=O) groups is 1. The van der Waals surface area contributed by atoms with Crippen LogP contribution < -0.4 is 0 Å². The highest BCUT2D eigenvalue weighted by Gasteiger charge is 2.36. The Bertz CT molecular complexity index is 1920. The van der Waals surface area contributed by atoms with Gasteiger partial charge in [0, 0.05) is 11.1 Å². The summed E-state index contributed by atoms with van der Waals surface area (Å²) in [6.45, 7) is 0. The third-order valence-electron chi connectivity index (χ3n) is 8.04. The number of rotatable bonds is 3. The highest BCUT2D eigenvalue weighted by Crippen LogP contribution is 2.53. The molecule has 0 bridgehead atoms. The molecule has 0 amide bonds. The predicted octanol–water partition coefficient (Wildman–Crippen LogP) is 7.59. The van der Waals surface area contributed by atoms with Crippen LogP contribution in [0.3, 0.4) is 0 Å². The van der Waals surface area contributed by atoms with Gasteiger partial charge in [-0.15, -0.1) is 0 Å². The summed E-state index contributed by atoms with van der Waals surface area (Å²) in [6.07, 6.45) is -1.92. The van der Waals surface area contributed by atoms with Gasteiger partial charge in [-0.1, -0.05) is 91.0 Å². The van der Waals surface area contributed by atoms with Crippen molar-refractivity contribution in [1.82, 2.24) is 0 Å². The van der Waals surface area contributed by atoms with Crippen molar-refractivity contribution in [2.24, 2.45) is 0 Å². The van der Waals surface area contributed by atoms with Crippen LogP contribution in [0.1, 0.15) is 44.8 Å². The molecule has 0 saturated heterocycles. The highest BCUT2D eigenvalue weighted by atomic mass is 16.5. The molecule has 0 aromatic heterocycles. The average molecular weight is 523 g/mol. The molecule has 6 aromatic carbocycles. The number of aliphatic hydroxyl groups is 2. The first-order valence-corrected chi connectivity index (χ1v) is 13.3. The Morgan fingerprint density at radius 2 is 1.05 bits per heavy atom. The molecule has 1 aliphatic carbocycles. The summed E-state index contributed by atoms with van der Waals surface area (Å²) in [4.78, 5) is 12.2. The normalized spacial score (nSPS) is 16.0. The fourth-order valence-electron chi connectivity index (χ4n) is 6.22. The van der Waals surface area contributed by atoms with E-state index in [4.69, 9.17) is 4.74 Å². The molecule has 2 N–H and O–H groups in total. The summed E-state index contributed by atoms with van der Waals surface area (Å²) in [5, 5.41) is 28.3. The van der Waals surface area contributed by atoms with Crippen LogP contribution >= 0.6 is 0 Å². The fourth-order valence-corrected chi connectivity index (χ4v) is 6.22. The van der Waals surface area contributed by atoms with Crippen molar-refractivity contribution >= 4 is 27.5 Å². The van der Waals surface area contributed by atoms with E-state index in [1.54, 1.807) is 12.1 Å². The summed E-state index contributed by atoms with van der Waals surface area (Å²) < 4.78 is 4.90. The van der Waals surface area contributed by atoms with Crippen LogP contribution in [0.15, 0.2) is 115 Å². The first kappa shape index (κ1) is 24.3. The van der Waals surface area contributed by atoms with Crippen LogP contribution in [0.5, 0.6) is 0 Å². The quantitative estimate of drug-likeness (QED) is 0.235. The van der Waals surface area contributed by atoms with Gasteiger partial charge in [0.05, 0.1) is 12.7 Å². The lowest BCUT2D eigenvalue weighted by atomic mass is 9.73. The minimum atomic E-state index is -0.972. The van der Waals surface area contributed by atoms with Gasteiger partial charge in [0.15, 0.2) is 0 Å². The van der Waals surface area contributed by atoms with Crippen LogP contribution in [0, 0.1) is 0 Å². The minimum Gasteiger partial charge on any atom is -0.465 e. The van der Waals surface area contributed by atoms with Gasteiger partial charge < -0.3 is 14.9 Å². The van der Waals surface area contributed by atoms with Gasteiger partial charge in [0.2, 0.25) is 0 Å². The molecule has 0 heterocycles. The maximum atomic E-state index is 12.2. The molecular formula is C36H26O4. The molecule has 40 heavy (non-hydrogen) atoms. The largest absolute Gasteiger partial charge is 0.465 e. The number of hydrogen-bond donors (Lipinski definition) is 2. The maximum Gasteiger partial charge on any atom is 0.337 e. The maximum absolute atomic E-state index is 12.2. The SMILES string of the molecule is COC(=O)c1ccc(-c2c3c(c(-c4ccccc4)c4ccccc24)C(O)c2cc4ccccc4cc2C3O)cc1. The van der Waals surface area contributed by atoms with Gasteiger partial charge >= 0.3 is 5.97 Å². The standard InChI is InChI=1S/C36H26O4/c1-40-36(39)23-17-15-22(16-18-23)31-27-14-8-7-13-26(27)30(21-9-3-2-4-10-21)32-33(31)35(38)29-20-25-12-6-5-11-24(25)19-28(29)34(32)37/h2-20,34-35,37-38H,1H3. The number of hydrogen-bond acceptors (Lipinski definition) is 4. The second kappa shape index (κ2) is 9.45. The topological polar surface area (TPSA) is 66.8 Å². The zero-order valence-electron chi connectivity index (χ0n) is 21.8. The molecule has 0 aliphatic heterocycles. The van der Waals surface area contributed by atoms with Crippen molar-refractivity contribution in [2.75, 3.05) is 7.11 Å². The molecule has 4 heteroatoms. The first-order valence-electron chi connectivity index (χ1n) is 13.3. The van der Waals surface area contributed by atoms with E-state index >= 15 is 0 Å². The second-order valence-corrected chi connectivity index (χ2v) is 10.2. The second-order valence-electron chi connectivity index (χ2n) is 10.2. The molecule has 0 radical (unpaired) electrons. The minimum absolute atomic E-state index is 0.408. The lowest BCUT2D eigenvalue weighted by Crippen LogP contribution is -2.20. The van der Waals surface area contributed by atoms with E-state index in [1.165, 1.54) is 7.11 Å². The molecule has 0 fully saturated rings. The molecule has 1 aliphatic rings. The molecule has 6 aromatic rings. The van der Waals surface area contributed by atoms with Crippen LogP contribution in [0.25, 0.3) is 43.8 Å². The van der Waals surface area contributed by atoms with Crippen molar-refractivity contribution in [3.8, 4) is 22.3 Å². The highest BCUT2D eigenvalue weighted by molar-refractivity contribution is 6.09. The van der Waals surface area contributed by atoms with Crippen LogP contribution in [-0.4, -0.2) is 23.3 Å². The van der Waals surface area contributed by atoms with Crippen LogP contribution in [0.2, 0.25) is 0 Å². The van der Waals surface area contributed by atoms with Crippen LogP contribution in [0.4, 0.5) is 0 Å². The summed E-state index contributed by atoms with van der Waals surface area (Å²) in [6, 6.07) is 37.4. The molecule has 0 spiro atoms. The number of aliphatic hydroxyl groups excluding tert-OH is 2. The van der Waals surface area contributed by atoms with Crippen molar-refractivity contribution in [3.63, 3.8) is 0 Å². The first-order chi connectivity index (χ1) is 19.6. The van der Waals surface area contributed by atoms with Gasteiger partial charge in [0.1, 0.15) is 12.2 Å². The van der Waals surface area contributed by atoms with E-state index in [0.29, 0.717) is 27.8 Å². The Hall–Kier alpha value is -4.77. The Morgan fingerprint density at radius 3 is 1.55 bits per heavy atom. The number of fused-ring (bicyclic) bond motifs is 4. The summed E-state index contributed by atoms with van der Waals surface area (Å²) >= 11 is 0. The van der Waals surface area contributed by atoms with E-state index in [0.717, 1.165) is 43.8 Å². The van der Waals surface area contributed by atoms with E-state index in [9.17, 15) is 15.0 Å². The summed E-state index contributed by atoms with van der Waals surface area (Å²) in [7, 11) is 1.36. The van der Waals surface area contributed by atoms with E-state index in [1.807, 2.05) is 91.0 Å². The van der Waals surface area contributed by atoms with Gasteiger partial charge in [0.25, 0.3) is 0 Å². The Labute approximate surface area is 231 Å². The van der Waals surface area contributed by atoms with E-state index in [-0.39, 0.29) is 0 Å². The number of benzene rings is 6. The van der Waals surface area contributed by atoms with Crippen molar-refractivity contribution in [2.45, 2.75) is 12.2 Å². The van der Waals surface area contributed by atoms with E-state index < -0.39 is 18.2 Å². The predicted molar refractivity (Wildman–Crippen MR) is 158 cm³/mol. The third-order valence-corrected chi connectivity index (χ3v) is 8.04. The molecule has 7 rings (SSSR count). The third kappa shape index (κ3) is 3.65. The molecule has 0 saturated carbocycles. The van der Waals surface area contributed by atoms with E-state index in [2.05, 4.69) is 12.1 Å². The van der Waals surface area contributed by atoms with Crippen LogP contribution in [-0.2, 0) is 4.74 Å². The zero-order chi connectivity index (χ0) is 27.4. The average Bonchev–Trinajstić information content (AvgIpc) is 3.02. The number of carbonyl (C=O) groups excluding carboxylic acids is 1. The lowest BCUT2D eigenvalue weighted by Gasteiger charge is -2.34. The molecule has 2 atom stereocenters. The van der Waals surface area contributed by atoms with Crippen molar-refractivity contribution in [1.29, 1.82) is 0 Å². The van der Waals surface area contributed by atoms with Gasteiger partial charge in [-0.2, -0.15) is 0 Å². The number of methoxy groups -OCH3 is 1. The monoisotopic (exact) mass is 522 g/mol. The molecule has 194 valence electrons. The Balaban J connectivity index is 1.60. The zero-order valence-corrected chi connectivity index (χ0v) is 21.8. The van der Waals surface area contributed by atoms with Gasteiger partial charge in [-0.25, -0.2) is 4.79 Å². The van der Waals surface area contributed by atoms with Gasteiger partial charge in [-0.05, 0) is 79.2 Å². The summed E-state index contributed by atoms with van der Waals surface area (Å²) in [5.41, 5.74) is 6.79. The lowest BCUT2D eigenvalue weighted by molar-refractivity contribution is 0.0600. The van der Waals surface area contributed by atoms with Crippen molar-refractivity contribution in [3.05, 3.63) is 143 Å². The Kier molecular flexibility index (Phi) is 5.74. The molecular weight excluding hydrogens is 496 g/mol. The number of esters is 1. The molecule has 2 unspecified atom stereocenters. The summed E-state index contributed by atoms with van der Waals surface area (Å²) in [5.74, 6) is -0.408. The number of ether oxygens (including phenoxy) is 1.